The molecule has 3 aromatic rings. The molecule has 1 aliphatic heterocycles. The Morgan fingerprint density at radius 3 is 2.81 bits per heavy atom. The summed E-state index contributed by atoms with van der Waals surface area (Å²) in [6, 6.07) is 12.2. The number of nitrogens with one attached hydrogen (secondary N) is 2. The fraction of sp³-hybridized carbons (Fsp3) is 0.400. The number of piperazine rings is 1. The van der Waals surface area contributed by atoms with Crippen LogP contribution in [-0.4, -0.2) is 52.1 Å². The van der Waals surface area contributed by atoms with Crippen LogP contribution in [0.3, 0.4) is 0 Å². The fourth-order valence-corrected chi connectivity index (χ4v) is 4.26. The van der Waals surface area contributed by atoms with Crippen molar-refractivity contribution in [3.63, 3.8) is 0 Å². The molecule has 2 aromatic carbocycles. The fourth-order valence-electron chi connectivity index (χ4n) is 4.26. The number of amides is 1. The third-order valence-corrected chi connectivity index (χ3v) is 6.17. The van der Waals surface area contributed by atoms with E-state index in [0.717, 1.165) is 30.8 Å². The maximum absolute atomic E-state index is 13.4. The summed E-state index contributed by atoms with van der Waals surface area (Å²) in [5.74, 6) is -0.155. The van der Waals surface area contributed by atoms with E-state index in [4.69, 9.17) is 0 Å². The molecule has 1 amide bonds. The predicted molar refractivity (Wildman–Crippen MR) is 127 cm³/mol. The standard InChI is InChI=1S/C25H31N5O2/c1-5-26-24(31)20-8-6-16(2)23(11-20)30-15-28-22-9-7-19(10-21(22)25(30)32)14-29-13-17(3)27-12-18(29)4/h6-11,15,17-18,27H,5,12-14H2,1-4H3,(H,26,31)/t17-,18+/m1/s1. The molecule has 4 rings (SSSR count). The lowest BCUT2D eigenvalue weighted by Crippen LogP contribution is -2.53. The Morgan fingerprint density at radius 1 is 1.22 bits per heavy atom. The minimum Gasteiger partial charge on any atom is -0.352 e. The normalized spacial score (nSPS) is 19.2. The smallest absolute Gasteiger partial charge is 0.265 e. The predicted octanol–water partition coefficient (Wildman–Crippen LogP) is 2.63. The Balaban J connectivity index is 1.72. The number of rotatable bonds is 5. The molecule has 1 aliphatic rings. The van der Waals surface area contributed by atoms with Gasteiger partial charge in [0.15, 0.2) is 0 Å². The van der Waals surface area contributed by atoms with Crippen LogP contribution in [0, 0.1) is 6.92 Å². The molecule has 7 heteroatoms. The summed E-state index contributed by atoms with van der Waals surface area (Å²) in [6.07, 6.45) is 1.55. The van der Waals surface area contributed by atoms with Crippen LogP contribution < -0.4 is 16.2 Å². The number of hydrogen-bond donors (Lipinski definition) is 2. The van der Waals surface area contributed by atoms with Crippen molar-refractivity contribution < 1.29 is 4.79 Å². The van der Waals surface area contributed by atoms with Crippen LogP contribution in [0.5, 0.6) is 0 Å². The number of aryl methyl sites for hydroxylation is 1. The number of benzene rings is 2. The topological polar surface area (TPSA) is 79.3 Å². The molecule has 0 aliphatic carbocycles. The zero-order valence-corrected chi connectivity index (χ0v) is 19.2. The van der Waals surface area contributed by atoms with Gasteiger partial charge in [0.1, 0.15) is 6.33 Å². The molecule has 1 saturated heterocycles. The summed E-state index contributed by atoms with van der Waals surface area (Å²) >= 11 is 0. The lowest BCUT2D eigenvalue weighted by Gasteiger charge is -2.37. The average Bonchev–Trinajstić information content (AvgIpc) is 2.78. The van der Waals surface area contributed by atoms with Crippen LogP contribution in [0.15, 0.2) is 47.5 Å². The molecule has 168 valence electrons. The van der Waals surface area contributed by atoms with Crippen molar-refractivity contribution in [1.82, 2.24) is 25.1 Å². The summed E-state index contributed by atoms with van der Waals surface area (Å²) < 4.78 is 1.54. The zero-order chi connectivity index (χ0) is 22.8. The van der Waals surface area contributed by atoms with Gasteiger partial charge in [0, 0.05) is 43.8 Å². The Morgan fingerprint density at radius 2 is 2.03 bits per heavy atom. The second-order valence-corrected chi connectivity index (χ2v) is 8.72. The molecular formula is C25H31N5O2. The molecule has 0 saturated carbocycles. The molecule has 2 heterocycles. The van der Waals surface area contributed by atoms with Crippen LogP contribution in [-0.2, 0) is 6.54 Å². The van der Waals surface area contributed by atoms with Gasteiger partial charge >= 0.3 is 0 Å². The van der Waals surface area contributed by atoms with Gasteiger partial charge in [0.25, 0.3) is 11.5 Å². The quantitative estimate of drug-likeness (QED) is 0.647. The first kappa shape index (κ1) is 22.2. The molecule has 0 unspecified atom stereocenters. The van der Waals surface area contributed by atoms with E-state index in [2.05, 4.69) is 40.4 Å². The zero-order valence-electron chi connectivity index (χ0n) is 19.2. The highest BCUT2D eigenvalue weighted by Gasteiger charge is 2.22. The number of aromatic nitrogens is 2. The first-order valence-electron chi connectivity index (χ1n) is 11.2. The third-order valence-electron chi connectivity index (χ3n) is 6.17. The van der Waals surface area contributed by atoms with E-state index in [-0.39, 0.29) is 11.5 Å². The maximum atomic E-state index is 13.4. The van der Waals surface area contributed by atoms with Crippen LogP contribution in [0.4, 0.5) is 0 Å². The number of carbonyl (C=O) groups excluding carboxylic acids is 1. The second-order valence-electron chi connectivity index (χ2n) is 8.72. The van der Waals surface area contributed by atoms with Crippen molar-refractivity contribution in [3.05, 3.63) is 69.8 Å². The maximum Gasteiger partial charge on any atom is 0.265 e. The van der Waals surface area contributed by atoms with Crippen LogP contribution in [0.1, 0.15) is 42.3 Å². The largest absolute Gasteiger partial charge is 0.352 e. The first-order chi connectivity index (χ1) is 15.4. The number of nitrogens with zero attached hydrogens (tertiary/aromatic N) is 3. The molecule has 1 aromatic heterocycles. The molecule has 2 N–H and O–H groups in total. The third kappa shape index (κ3) is 4.45. The summed E-state index contributed by atoms with van der Waals surface area (Å²) in [7, 11) is 0. The van der Waals surface area contributed by atoms with Gasteiger partial charge in [-0.25, -0.2) is 4.98 Å². The number of carbonyl (C=O) groups is 1. The van der Waals surface area contributed by atoms with Crippen molar-refractivity contribution in [2.45, 2.75) is 46.3 Å². The van der Waals surface area contributed by atoms with Crippen molar-refractivity contribution >= 4 is 16.8 Å². The second kappa shape index (κ2) is 9.22. The highest BCUT2D eigenvalue weighted by Crippen LogP contribution is 2.19. The summed E-state index contributed by atoms with van der Waals surface area (Å²) in [4.78, 5) is 32.7. The van der Waals surface area contributed by atoms with Gasteiger partial charge in [-0.3, -0.25) is 19.1 Å². The average molecular weight is 434 g/mol. The molecule has 0 spiro atoms. The van der Waals surface area contributed by atoms with E-state index in [9.17, 15) is 9.59 Å². The van der Waals surface area contributed by atoms with Crippen LogP contribution in [0.25, 0.3) is 16.6 Å². The van der Waals surface area contributed by atoms with Gasteiger partial charge in [0.05, 0.1) is 16.6 Å². The molecule has 7 nitrogen and oxygen atoms in total. The van der Waals surface area contributed by atoms with E-state index < -0.39 is 0 Å². The monoisotopic (exact) mass is 433 g/mol. The first-order valence-corrected chi connectivity index (χ1v) is 11.2. The van der Waals surface area contributed by atoms with Gasteiger partial charge < -0.3 is 10.6 Å². The highest BCUT2D eigenvalue weighted by atomic mass is 16.1. The highest BCUT2D eigenvalue weighted by molar-refractivity contribution is 5.94. The summed E-state index contributed by atoms with van der Waals surface area (Å²) in [5, 5.41) is 6.90. The molecule has 32 heavy (non-hydrogen) atoms. The van der Waals surface area contributed by atoms with Gasteiger partial charge in [-0.05, 0) is 63.1 Å². The number of hydrogen-bond acceptors (Lipinski definition) is 5. The molecular weight excluding hydrogens is 402 g/mol. The Hall–Kier alpha value is -3.03. The van der Waals surface area contributed by atoms with Crippen molar-refractivity contribution in [3.8, 4) is 5.69 Å². The molecule has 0 radical (unpaired) electrons. The van der Waals surface area contributed by atoms with Gasteiger partial charge in [0.2, 0.25) is 0 Å². The van der Waals surface area contributed by atoms with Crippen molar-refractivity contribution in [2.24, 2.45) is 0 Å². The lowest BCUT2D eigenvalue weighted by atomic mass is 10.1. The van der Waals surface area contributed by atoms with E-state index in [1.54, 1.807) is 23.0 Å². The van der Waals surface area contributed by atoms with Crippen LogP contribution >= 0.6 is 0 Å². The SMILES string of the molecule is CCNC(=O)c1ccc(C)c(-n2cnc3ccc(CN4C[C@@H](C)NC[C@@H]4C)cc3c2=O)c1. The van der Waals surface area contributed by atoms with Crippen LogP contribution in [0.2, 0.25) is 0 Å². The van der Waals surface area contributed by atoms with E-state index in [1.807, 2.05) is 32.0 Å². The summed E-state index contributed by atoms with van der Waals surface area (Å²) in [6.45, 7) is 11.5. The van der Waals surface area contributed by atoms with Gasteiger partial charge in [-0.2, -0.15) is 0 Å². The molecule has 2 atom stereocenters. The molecule has 0 bridgehead atoms. The minimum atomic E-state index is -0.155. The molecule has 1 fully saturated rings. The van der Waals surface area contributed by atoms with Crippen molar-refractivity contribution in [1.29, 1.82) is 0 Å². The number of fused-ring (bicyclic) bond motifs is 1. The van der Waals surface area contributed by atoms with Crippen molar-refractivity contribution in [2.75, 3.05) is 19.6 Å². The minimum absolute atomic E-state index is 0.130. The van der Waals surface area contributed by atoms with Gasteiger partial charge in [-0.1, -0.05) is 12.1 Å². The van der Waals surface area contributed by atoms with E-state index in [0.29, 0.717) is 40.8 Å². The summed E-state index contributed by atoms with van der Waals surface area (Å²) in [5.41, 5.74) is 3.74. The Labute approximate surface area is 188 Å². The van der Waals surface area contributed by atoms with E-state index in [1.165, 1.54) is 0 Å². The van der Waals surface area contributed by atoms with Gasteiger partial charge in [-0.15, -0.1) is 0 Å². The lowest BCUT2D eigenvalue weighted by molar-refractivity contribution is 0.0956. The van der Waals surface area contributed by atoms with E-state index >= 15 is 0 Å². The Kier molecular flexibility index (Phi) is 6.39. The Bertz CT molecular complexity index is 1200.